The minimum Gasteiger partial charge on any atom is -0.382 e. The zero-order valence-corrected chi connectivity index (χ0v) is 9.28. The molecule has 0 bridgehead atoms. The first kappa shape index (κ1) is 10.2. The van der Waals surface area contributed by atoms with Crippen LogP contribution in [0.3, 0.4) is 0 Å². The molecule has 0 aliphatic rings. The minimum absolute atomic E-state index is 0.343. The van der Waals surface area contributed by atoms with Gasteiger partial charge in [-0.1, -0.05) is 6.07 Å². The second-order valence-corrected chi connectivity index (χ2v) is 3.71. The monoisotopic (exact) mass is 236 g/mol. The summed E-state index contributed by atoms with van der Waals surface area (Å²) < 4.78 is 1.77. The van der Waals surface area contributed by atoms with Crippen molar-refractivity contribution in [1.82, 2.24) is 19.5 Å². The number of nitrogen functional groups attached to an aromatic ring is 1. The smallest absolute Gasteiger partial charge is 0.170 e. The van der Waals surface area contributed by atoms with E-state index in [4.69, 9.17) is 11.0 Å². The summed E-state index contributed by atoms with van der Waals surface area (Å²) in [5.41, 5.74) is 8.30. The Hall–Kier alpha value is -2.94. The molecule has 1 aromatic carbocycles. The van der Waals surface area contributed by atoms with Crippen LogP contribution in [0.1, 0.15) is 5.56 Å². The van der Waals surface area contributed by atoms with Crippen LogP contribution < -0.4 is 5.73 Å². The molecule has 0 saturated carbocycles. The first-order valence-electron chi connectivity index (χ1n) is 5.23. The lowest BCUT2D eigenvalue weighted by molar-refractivity contribution is 1.06. The van der Waals surface area contributed by atoms with Crippen molar-refractivity contribution >= 4 is 17.0 Å². The van der Waals surface area contributed by atoms with Crippen LogP contribution in [0, 0.1) is 11.3 Å². The van der Waals surface area contributed by atoms with Crippen molar-refractivity contribution < 1.29 is 0 Å². The summed E-state index contributed by atoms with van der Waals surface area (Å²) in [6.07, 6.45) is 3.01. The molecular formula is C12H8N6. The average molecular weight is 236 g/mol. The zero-order valence-electron chi connectivity index (χ0n) is 9.28. The molecule has 2 aromatic heterocycles. The predicted molar refractivity (Wildman–Crippen MR) is 65.8 cm³/mol. The van der Waals surface area contributed by atoms with Gasteiger partial charge in [0.15, 0.2) is 17.0 Å². The molecule has 0 saturated heterocycles. The summed E-state index contributed by atoms with van der Waals surface area (Å²) in [4.78, 5) is 12.2. The van der Waals surface area contributed by atoms with Crippen LogP contribution in [0.2, 0.25) is 0 Å². The Morgan fingerprint density at radius 1 is 1.22 bits per heavy atom. The van der Waals surface area contributed by atoms with Crippen molar-refractivity contribution in [1.29, 1.82) is 5.26 Å². The van der Waals surface area contributed by atoms with Crippen molar-refractivity contribution in [3.63, 3.8) is 0 Å². The maximum Gasteiger partial charge on any atom is 0.170 e. The van der Waals surface area contributed by atoms with Gasteiger partial charge in [-0.05, 0) is 18.2 Å². The number of rotatable bonds is 1. The fraction of sp³-hybridized carbons (Fsp3) is 0. The highest BCUT2D eigenvalue weighted by Gasteiger charge is 2.09. The predicted octanol–water partition coefficient (Wildman–Crippen LogP) is 1.27. The van der Waals surface area contributed by atoms with Gasteiger partial charge in [-0.15, -0.1) is 0 Å². The van der Waals surface area contributed by atoms with Gasteiger partial charge in [-0.25, -0.2) is 15.0 Å². The zero-order chi connectivity index (χ0) is 12.5. The van der Waals surface area contributed by atoms with E-state index < -0.39 is 0 Å². The second-order valence-electron chi connectivity index (χ2n) is 3.71. The van der Waals surface area contributed by atoms with Crippen molar-refractivity contribution in [2.45, 2.75) is 0 Å². The fourth-order valence-electron chi connectivity index (χ4n) is 1.77. The molecule has 86 valence electrons. The molecule has 0 amide bonds. The van der Waals surface area contributed by atoms with E-state index >= 15 is 0 Å². The SMILES string of the molecule is N#Cc1cccc(-n2cnc3c(N)ncnc32)c1. The normalized spacial score (nSPS) is 10.4. The number of hydrogen-bond donors (Lipinski definition) is 1. The number of aromatic nitrogens is 4. The highest BCUT2D eigenvalue weighted by Crippen LogP contribution is 2.19. The summed E-state index contributed by atoms with van der Waals surface area (Å²) in [7, 11) is 0. The van der Waals surface area contributed by atoms with Crippen LogP contribution in [0.15, 0.2) is 36.9 Å². The Balaban J connectivity index is 2.26. The number of fused-ring (bicyclic) bond motifs is 1. The molecule has 0 aliphatic heterocycles. The van der Waals surface area contributed by atoms with Gasteiger partial charge in [-0.3, -0.25) is 4.57 Å². The number of imidazole rings is 1. The number of benzene rings is 1. The Morgan fingerprint density at radius 2 is 2.11 bits per heavy atom. The number of hydrogen-bond acceptors (Lipinski definition) is 5. The van der Waals surface area contributed by atoms with E-state index in [1.54, 1.807) is 23.0 Å². The van der Waals surface area contributed by atoms with Gasteiger partial charge in [0.25, 0.3) is 0 Å². The molecule has 0 aliphatic carbocycles. The Morgan fingerprint density at radius 3 is 2.94 bits per heavy atom. The third kappa shape index (κ3) is 1.46. The molecule has 3 rings (SSSR count). The molecule has 0 unspecified atom stereocenters. The van der Waals surface area contributed by atoms with Crippen LogP contribution in [-0.4, -0.2) is 19.5 Å². The maximum absolute atomic E-state index is 8.90. The van der Waals surface area contributed by atoms with Crippen LogP contribution in [0.4, 0.5) is 5.82 Å². The fourth-order valence-corrected chi connectivity index (χ4v) is 1.77. The van der Waals surface area contributed by atoms with Crippen molar-refractivity contribution in [2.24, 2.45) is 0 Å². The molecule has 3 aromatic rings. The van der Waals surface area contributed by atoms with Gasteiger partial charge < -0.3 is 5.73 Å². The van der Waals surface area contributed by atoms with E-state index in [9.17, 15) is 0 Å². The number of nitriles is 1. The lowest BCUT2D eigenvalue weighted by atomic mass is 10.2. The lowest BCUT2D eigenvalue weighted by Crippen LogP contribution is -1.97. The highest BCUT2D eigenvalue weighted by molar-refractivity contribution is 5.82. The summed E-state index contributed by atoms with van der Waals surface area (Å²) in [6, 6.07) is 9.29. The minimum atomic E-state index is 0.343. The largest absolute Gasteiger partial charge is 0.382 e. The van der Waals surface area contributed by atoms with Crippen molar-refractivity contribution in [2.75, 3.05) is 5.73 Å². The number of nitrogens with two attached hydrogens (primary N) is 1. The molecule has 0 atom stereocenters. The first-order chi connectivity index (χ1) is 8.79. The van der Waals surface area contributed by atoms with Crippen LogP contribution in [0.25, 0.3) is 16.9 Å². The second kappa shape index (κ2) is 3.82. The topological polar surface area (TPSA) is 93.4 Å². The molecule has 18 heavy (non-hydrogen) atoms. The molecule has 0 radical (unpaired) electrons. The van der Waals surface area contributed by atoms with E-state index in [-0.39, 0.29) is 0 Å². The summed E-state index contributed by atoms with van der Waals surface area (Å²) in [6.45, 7) is 0. The first-order valence-corrected chi connectivity index (χ1v) is 5.23. The van der Waals surface area contributed by atoms with E-state index in [2.05, 4.69) is 21.0 Å². The van der Waals surface area contributed by atoms with Gasteiger partial charge in [0, 0.05) is 5.69 Å². The maximum atomic E-state index is 8.90. The third-order valence-corrected chi connectivity index (χ3v) is 2.62. The Kier molecular flexibility index (Phi) is 2.17. The van der Waals surface area contributed by atoms with Gasteiger partial charge in [-0.2, -0.15) is 5.26 Å². The van der Waals surface area contributed by atoms with Crippen molar-refractivity contribution in [3.8, 4) is 11.8 Å². The molecule has 0 fully saturated rings. The summed E-state index contributed by atoms with van der Waals surface area (Å²) in [5, 5.41) is 8.90. The Labute approximate surface area is 102 Å². The van der Waals surface area contributed by atoms with Crippen molar-refractivity contribution in [3.05, 3.63) is 42.5 Å². The van der Waals surface area contributed by atoms with Crippen LogP contribution in [-0.2, 0) is 0 Å². The van der Waals surface area contributed by atoms with Gasteiger partial charge >= 0.3 is 0 Å². The van der Waals surface area contributed by atoms with E-state index in [1.807, 2.05) is 12.1 Å². The van der Waals surface area contributed by atoms with E-state index in [0.29, 0.717) is 22.5 Å². The lowest BCUT2D eigenvalue weighted by Gasteiger charge is -2.03. The van der Waals surface area contributed by atoms with Gasteiger partial charge in [0.1, 0.15) is 12.7 Å². The van der Waals surface area contributed by atoms with E-state index in [0.717, 1.165) is 5.69 Å². The molecular weight excluding hydrogens is 228 g/mol. The molecule has 2 heterocycles. The average Bonchev–Trinajstić information content (AvgIpc) is 2.84. The van der Waals surface area contributed by atoms with Crippen LogP contribution in [0.5, 0.6) is 0 Å². The Bertz CT molecular complexity index is 768. The summed E-state index contributed by atoms with van der Waals surface area (Å²) in [5.74, 6) is 0.343. The van der Waals surface area contributed by atoms with Gasteiger partial charge in [0.2, 0.25) is 0 Å². The standard InChI is InChI=1S/C12H8N6/c13-5-8-2-1-3-9(4-8)18-7-17-10-11(14)15-6-16-12(10)18/h1-4,6-7H,(H2,14,15,16). The van der Waals surface area contributed by atoms with Crippen LogP contribution >= 0.6 is 0 Å². The van der Waals surface area contributed by atoms with E-state index in [1.165, 1.54) is 6.33 Å². The number of anilines is 1. The quantitative estimate of drug-likeness (QED) is 0.686. The highest BCUT2D eigenvalue weighted by atomic mass is 15.1. The molecule has 6 nitrogen and oxygen atoms in total. The third-order valence-electron chi connectivity index (χ3n) is 2.62. The number of nitrogens with zero attached hydrogens (tertiary/aromatic N) is 5. The van der Waals surface area contributed by atoms with Gasteiger partial charge in [0.05, 0.1) is 11.6 Å². The molecule has 6 heteroatoms. The summed E-state index contributed by atoms with van der Waals surface area (Å²) >= 11 is 0. The molecule has 0 spiro atoms. The molecule has 2 N–H and O–H groups in total.